The first-order chi connectivity index (χ1) is 9.41. The van der Waals surface area contributed by atoms with Gasteiger partial charge in [0.25, 0.3) is 0 Å². The van der Waals surface area contributed by atoms with Crippen LogP contribution in [0, 0.1) is 0 Å². The number of aromatic nitrogens is 1. The van der Waals surface area contributed by atoms with Crippen LogP contribution in [0.4, 0.5) is 5.13 Å². The molecule has 2 heterocycles. The van der Waals surface area contributed by atoms with E-state index in [9.17, 15) is 14.7 Å². The number of amides is 1. The second kappa shape index (κ2) is 4.44. The highest BCUT2D eigenvalue weighted by Gasteiger charge is 2.41. The Morgan fingerprint density at radius 1 is 1.55 bits per heavy atom. The van der Waals surface area contributed by atoms with Gasteiger partial charge in [-0.2, -0.15) is 0 Å². The molecule has 20 heavy (non-hydrogen) atoms. The lowest BCUT2D eigenvalue weighted by atomic mass is 10.00. The fourth-order valence-corrected chi connectivity index (χ4v) is 4.11. The van der Waals surface area contributed by atoms with Crippen LogP contribution in [0.25, 0.3) is 0 Å². The predicted molar refractivity (Wildman–Crippen MR) is 75.2 cm³/mol. The van der Waals surface area contributed by atoms with Gasteiger partial charge in [-0.25, -0.2) is 4.98 Å². The van der Waals surface area contributed by atoms with Crippen LogP contribution >= 0.6 is 11.3 Å². The molecule has 2 N–H and O–H groups in total. The van der Waals surface area contributed by atoms with Crippen LogP contribution in [-0.2, 0) is 16.0 Å². The lowest BCUT2D eigenvalue weighted by Crippen LogP contribution is -2.62. The Morgan fingerprint density at radius 2 is 2.30 bits per heavy atom. The van der Waals surface area contributed by atoms with Crippen molar-refractivity contribution in [3.63, 3.8) is 0 Å². The molecule has 1 unspecified atom stereocenters. The van der Waals surface area contributed by atoms with E-state index in [4.69, 9.17) is 0 Å². The highest BCUT2D eigenvalue weighted by atomic mass is 32.1. The average Bonchev–Trinajstić information content (AvgIpc) is 2.91. The van der Waals surface area contributed by atoms with E-state index in [2.05, 4.69) is 10.3 Å². The summed E-state index contributed by atoms with van der Waals surface area (Å²) in [7, 11) is 0. The molecule has 6 nitrogen and oxygen atoms in total. The molecule has 1 aromatic heterocycles. The minimum atomic E-state index is -0.809. The number of carboxylic acids is 1. The van der Waals surface area contributed by atoms with E-state index in [1.165, 1.54) is 11.3 Å². The summed E-state index contributed by atoms with van der Waals surface area (Å²) >= 11 is 1.53. The number of thiazole rings is 1. The molecule has 1 saturated heterocycles. The number of nitrogens with zero attached hydrogens (tertiary/aromatic N) is 2. The van der Waals surface area contributed by atoms with Crippen molar-refractivity contribution in [1.29, 1.82) is 0 Å². The van der Waals surface area contributed by atoms with E-state index < -0.39 is 17.4 Å². The molecule has 0 radical (unpaired) electrons. The second-order valence-corrected chi connectivity index (χ2v) is 6.76. The zero-order valence-electron chi connectivity index (χ0n) is 11.5. The van der Waals surface area contributed by atoms with Gasteiger partial charge in [0.2, 0.25) is 5.91 Å². The summed E-state index contributed by atoms with van der Waals surface area (Å²) in [5.74, 6) is -1.32. The fraction of sp³-hybridized carbons (Fsp3) is 0.615. The quantitative estimate of drug-likeness (QED) is 0.849. The van der Waals surface area contributed by atoms with Crippen molar-refractivity contribution in [3.8, 4) is 0 Å². The van der Waals surface area contributed by atoms with E-state index in [1.807, 2.05) is 18.7 Å². The molecule has 1 atom stereocenters. The highest BCUT2D eigenvalue weighted by Crippen LogP contribution is 2.41. The van der Waals surface area contributed by atoms with Crippen LogP contribution in [0.5, 0.6) is 0 Å². The number of fused-ring (bicyclic) bond motifs is 1. The third-order valence-corrected chi connectivity index (χ3v) is 5.24. The summed E-state index contributed by atoms with van der Waals surface area (Å²) in [6.07, 6.45) is 1.40. The van der Waals surface area contributed by atoms with Gasteiger partial charge in [-0.15, -0.1) is 11.3 Å². The molecule has 0 saturated carbocycles. The number of rotatable bonds is 2. The Bertz CT molecular complexity index is 581. The Morgan fingerprint density at radius 3 is 3.00 bits per heavy atom. The number of nitrogens with one attached hydrogen (secondary N) is 1. The van der Waals surface area contributed by atoms with E-state index in [0.29, 0.717) is 25.2 Å². The number of aliphatic carboxylic acids is 1. The molecule has 0 spiro atoms. The van der Waals surface area contributed by atoms with Crippen molar-refractivity contribution in [1.82, 2.24) is 10.3 Å². The van der Waals surface area contributed by atoms with Gasteiger partial charge in [0.05, 0.1) is 5.69 Å². The summed E-state index contributed by atoms with van der Waals surface area (Å²) in [4.78, 5) is 30.8. The van der Waals surface area contributed by atoms with Crippen LogP contribution in [0.3, 0.4) is 0 Å². The van der Waals surface area contributed by atoms with Gasteiger partial charge in [-0.3, -0.25) is 9.59 Å². The van der Waals surface area contributed by atoms with Gasteiger partial charge in [-0.1, -0.05) is 0 Å². The summed E-state index contributed by atoms with van der Waals surface area (Å²) in [5, 5.41) is 12.8. The highest BCUT2D eigenvalue weighted by molar-refractivity contribution is 7.15. The van der Waals surface area contributed by atoms with Crippen molar-refractivity contribution < 1.29 is 14.7 Å². The number of carbonyl (C=O) groups excluding carboxylic acids is 1. The minimum Gasteiger partial charge on any atom is -0.481 e. The number of anilines is 1. The van der Waals surface area contributed by atoms with E-state index in [0.717, 1.165) is 16.4 Å². The first kappa shape index (κ1) is 13.4. The van der Waals surface area contributed by atoms with Crippen molar-refractivity contribution >= 4 is 28.3 Å². The molecule has 7 heteroatoms. The van der Waals surface area contributed by atoms with Crippen molar-refractivity contribution in [2.24, 2.45) is 0 Å². The van der Waals surface area contributed by atoms with E-state index in [1.54, 1.807) is 0 Å². The number of aryl methyl sites for hydroxylation is 1. The lowest BCUT2D eigenvalue weighted by Gasteiger charge is -2.41. The van der Waals surface area contributed by atoms with Gasteiger partial charge in [0.15, 0.2) is 5.13 Å². The number of hydrogen-bond donors (Lipinski definition) is 2. The molecule has 1 amide bonds. The van der Waals surface area contributed by atoms with Crippen molar-refractivity contribution in [2.75, 3.05) is 18.0 Å². The molecule has 1 aliphatic carbocycles. The van der Waals surface area contributed by atoms with Gasteiger partial charge in [-0.05, 0) is 26.7 Å². The number of piperazine rings is 1. The molecule has 0 aromatic carbocycles. The monoisotopic (exact) mass is 295 g/mol. The molecule has 108 valence electrons. The Balaban J connectivity index is 1.95. The Kier molecular flexibility index (Phi) is 2.97. The zero-order valence-corrected chi connectivity index (χ0v) is 12.3. The largest absolute Gasteiger partial charge is 0.481 e. The Hall–Kier alpha value is -1.63. The van der Waals surface area contributed by atoms with Gasteiger partial charge < -0.3 is 15.3 Å². The first-order valence-electron chi connectivity index (χ1n) is 6.69. The van der Waals surface area contributed by atoms with Crippen LogP contribution in [0.15, 0.2) is 0 Å². The molecule has 0 bridgehead atoms. The maximum absolute atomic E-state index is 12.0. The van der Waals surface area contributed by atoms with Crippen molar-refractivity contribution in [3.05, 3.63) is 10.6 Å². The van der Waals surface area contributed by atoms with Gasteiger partial charge in [0, 0.05) is 18.0 Å². The Labute approximate surface area is 120 Å². The summed E-state index contributed by atoms with van der Waals surface area (Å²) in [6.45, 7) is 5.02. The number of carboxylic acid groups (broad SMARTS) is 1. The third kappa shape index (κ3) is 1.88. The second-order valence-electron chi connectivity index (χ2n) is 5.70. The summed E-state index contributed by atoms with van der Waals surface area (Å²) in [6, 6.07) is 0. The summed E-state index contributed by atoms with van der Waals surface area (Å²) in [5.41, 5.74) is 0.0435. The topological polar surface area (TPSA) is 82.5 Å². The van der Waals surface area contributed by atoms with Gasteiger partial charge in [0.1, 0.15) is 11.5 Å². The van der Waals surface area contributed by atoms with Gasteiger partial charge >= 0.3 is 5.97 Å². The molecule has 1 fully saturated rings. The summed E-state index contributed by atoms with van der Waals surface area (Å²) < 4.78 is 0. The van der Waals surface area contributed by atoms with Crippen LogP contribution in [-0.4, -0.2) is 40.6 Å². The van der Waals surface area contributed by atoms with E-state index in [-0.39, 0.29) is 5.91 Å². The van der Waals surface area contributed by atoms with Crippen LogP contribution in [0.1, 0.15) is 36.8 Å². The average molecular weight is 295 g/mol. The normalized spacial score (nSPS) is 24.4. The molecular formula is C13H17N3O3S. The molecule has 1 aromatic rings. The fourth-order valence-electron chi connectivity index (χ4n) is 2.80. The van der Waals surface area contributed by atoms with Crippen molar-refractivity contribution in [2.45, 2.75) is 38.1 Å². The lowest BCUT2D eigenvalue weighted by molar-refractivity contribution is -0.138. The zero-order chi connectivity index (χ0) is 14.5. The van der Waals surface area contributed by atoms with E-state index >= 15 is 0 Å². The smallest absolute Gasteiger partial charge is 0.312 e. The molecule has 3 rings (SSSR count). The predicted octanol–water partition coefficient (Wildman–Crippen LogP) is 0.972. The van der Waals surface area contributed by atoms with Crippen LogP contribution < -0.4 is 10.2 Å². The maximum Gasteiger partial charge on any atom is 0.312 e. The number of hydrogen-bond acceptors (Lipinski definition) is 5. The standard InChI is InChI=1S/C13H17N3O3S/c1-13(2)11(19)14-5-6-16(13)12-15-9-7(10(17)18)3-4-8(9)20-12/h7H,3-6H2,1-2H3,(H,14,19)(H,17,18). The minimum absolute atomic E-state index is 0.0195. The molecule has 1 aliphatic heterocycles. The van der Waals surface area contributed by atoms with Crippen LogP contribution in [0.2, 0.25) is 0 Å². The number of carbonyl (C=O) groups is 2. The molecular weight excluding hydrogens is 278 g/mol. The third-order valence-electron chi connectivity index (χ3n) is 4.09. The molecule has 2 aliphatic rings. The maximum atomic E-state index is 12.0. The SMILES string of the molecule is CC1(C)C(=O)NCCN1c1nc2c(s1)CCC2C(=O)O. The first-order valence-corrected chi connectivity index (χ1v) is 7.51.